The van der Waals surface area contributed by atoms with Crippen LogP contribution in [0.15, 0.2) is 0 Å². The molecule has 2 fully saturated rings. The number of nitrogens with zero attached hydrogens (tertiary/aromatic N) is 1. The summed E-state index contributed by atoms with van der Waals surface area (Å²) in [5, 5.41) is 3.23. The van der Waals surface area contributed by atoms with E-state index in [1.54, 1.807) is 0 Å². The molecule has 0 aliphatic carbocycles. The molecule has 2 saturated heterocycles. The van der Waals surface area contributed by atoms with Crippen LogP contribution in [0.1, 0.15) is 20.3 Å². The molecule has 0 aromatic carbocycles. The summed E-state index contributed by atoms with van der Waals surface area (Å²) in [4.78, 5) is 14.1. The van der Waals surface area contributed by atoms with E-state index in [4.69, 9.17) is 4.74 Å². The van der Waals surface area contributed by atoms with Crippen LogP contribution < -0.4 is 5.32 Å². The van der Waals surface area contributed by atoms with Crippen LogP contribution >= 0.6 is 0 Å². The Morgan fingerprint density at radius 3 is 2.93 bits per heavy atom. The predicted molar refractivity (Wildman–Crippen MR) is 57.6 cm³/mol. The molecular formula is C11H20N2O2. The van der Waals surface area contributed by atoms with Crippen LogP contribution in [0.3, 0.4) is 0 Å². The van der Waals surface area contributed by atoms with Gasteiger partial charge in [0.15, 0.2) is 0 Å². The minimum absolute atomic E-state index is 0.181. The summed E-state index contributed by atoms with van der Waals surface area (Å²) >= 11 is 0. The van der Waals surface area contributed by atoms with Gasteiger partial charge >= 0.3 is 0 Å². The number of carbonyl (C=O) groups excluding carboxylic acids is 1. The molecule has 0 aromatic rings. The predicted octanol–water partition coefficient (Wildman–Crippen LogP) is 0.233. The Morgan fingerprint density at radius 2 is 2.33 bits per heavy atom. The number of amides is 1. The van der Waals surface area contributed by atoms with Crippen molar-refractivity contribution in [1.82, 2.24) is 10.2 Å². The van der Waals surface area contributed by atoms with E-state index in [1.165, 1.54) is 0 Å². The molecule has 1 N–H and O–H groups in total. The number of nitrogens with one attached hydrogen (secondary N) is 1. The topological polar surface area (TPSA) is 41.6 Å². The maximum Gasteiger partial charge on any atom is 0.227 e. The smallest absolute Gasteiger partial charge is 0.227 e. The van der Waals surface area contributed by atoms with Crippen molar-refractivity contribution in [1.29, 1.82) is 0 Å². The monoisotopic (exact) mass is 212 g/mol. The summed E-state index contributed by atoms with van der Waals surface area (Å²) in [5.41, 5.74) is -0.181. The first-order chi connectivity index (χ1) is 7.08. The van der Waals surface area contributed by atoms with E-state index >= 15 is 0 Å². The molecule has 1 unspecified atom stereocenters. The normalized spacial score (nSPS) is 30.5. The van der Waals surface area contributed by atoms with Crippen LogP contribution in [0.4, 0.5) is 0 Å². The number of carbonyl (C=O) groups is 1. The average molecular weight is 212 g/mol. The second kappa shape index (κ2) is 4.10. The molecule has 0 spiro atoms. The fraction of sp³-hybridized carbons (Fsp3) is 0.909. The number of rotatable bonds is 1. The van der Waals surface area contributed by atoms with Crippen molar-refractivity contribution in [2.75, 3.05) is 32.8 Å². The summed E-state index contributed by atoms with van der Waals surface area (Å²) in [6, 6.07) is 0. The highest BCUT2D eigenvalue weighted by Gasteiger charge is 2.33. The summed E-state index contributed by atoms with van der Waals surface area (Å²) in [7, 11) is 0. The Labute approximate surface area is 91.0 Å². The van der Waals surface area contributed by atoms with Gasteiger partial charge in [-0.2, -0.15) is 0 Å². The molecule has 0 aromatic heterocycles. The molecule has 0 saturated carbocycles. The van der Waals surface area contributed by atoms with Crippen molar-refractivity contribution in [3.63, 3.8) is 0 Å². The van der Waals surface area contributed by atoms with E-state index in [0.717, 1.165) is 32.6 Å². The highest BCUT2D eigenvalue weighted by molar-refractivity contribution is 5.79. The average Bonchev–Trinajstić information content (AvgIpc) is 2.67. The van der Waals surface area contributed by atoms with Gasteiger partial charge in [0.25, 0.3) is 0 Å². The molecule has 1 amide bonds. The van der Waals surface area contributed by atoms with Gasteiger partial charge in [-0.1, -0.05) is 0 Å². The number of ether oxygens (including phenoxy) is 1. The first-order valence-corrected chi connectivity index (χ1v) is 5.72. The second-order valence-electron chi connectivity index (χ2n) is 5.06. The third-order valence-electron chi connectivity index (χ3n) is 3.15. The zero-order valence-electron chi connectivity index (χ0n) is 9.58. The van der Waals surface area contributed by atoms with Crippen molar-refractivity contribution in [3.05, 3.63) is 0 Å². The van der Waals surface area contributed by atoms with Crippen molar-refractivity contribution >= 4 is 5.91 Å². The molecule has 2 aliphatic rings. The first kappa shape index (κ1) is 10.9. The van der Waals surface area contributed by atoms with E-state index < -0.39 is 0 Å². The Morgan fingerprint density at radius 1 is 1.53 bits per heavy atom. The molecule has 2 rings (SSSR count). The zero-order valence-corrected chi connectivity index (χ0v) is 9.58. The molecule has 0 radical (unpaired) electrons. The molecule has 2 aliphatic heterocycles. The molecule has 4 nitrogen and oxygen atoms in total. The lowest BCUT2D eigenvalue weighted by Gasteiger charge is -2.39. The fourth-order valence-electron chi connectivity index (χ4n) is 2.33. The van der Waals surface area contributed by atoms with Gasteiger partial charge in [0, 0.05) is 19.6 Å². The minimum atomic E-state index is -0.181. The van der Waals surface area contributed by atoms with Gasteiger partial charge in [0.2, 0.25) is 5.91 Å². The molecule has 0 bridgehead atoms. The lowest BCUT2D eigenvalue weighted by Crippen LogP contribution is -2.52. The van der Waals surface area contributed by atoms with Crippen LogP contribution in [0.25, 0.3) is 0 Å². The van der Waals surface area contributed by atoms with Gasteiger partial charge in [-0.25, -0.2) is 0 Å². The van der Waals surface area contributed by atoms with Crippen molar-refractivity contribution in [2.45, 2.75) is 25.9 Å². The first-order valence-electron chi connectivity index (χ1n) is 5.72. The summed E-state index contributed by atoms with van der Waals surface area (Å²) in [6.07, 6.45) is 0.983. The fourth-order valence-corrected chi connectivity index (χ4v) is 2.33. The molecule has 86 valence electrons. The number of hydrogen-bond donors (Lipinski definition) is 1. The maximum atomic E-state index is 12.1. The summed E-state index contributed by atoms with van der Waals surface area (Å²) in [6.45, 7) is 8.04. The third kappa shape index (κ3) is 2.49. The van der Waals surface area contributed by atoms with E-state index in [2.05, 4.69) is 5.32 Å². The minimum Gasteiger partial charge on any atom is -0.372 e. The summed E-state index contributed by atoms with van der Waals surface area (Å²) < 4.78 is 5.60. The van der Waals surface area contributed by atoms with Gasteiger partial charge in [0.1, 0.15) is 0 Å². The second-order valence-corrected chi connectivity index (χ2v) is 5.06. The lowest BCUT2D eigenvalue weighted by molar-refractivity contribution is -0.149. The SMILES string of the molecule is CC1(C)CN(C(=O)C2CCNC2)CCO1. The number of morpholine rings is 1. The van der Waals surface area contributed by atoms with Crippen LogP contribution in [0, 0.1) is 5.92 Å². The third-order valence-corrected chi connectivity index (χ3v) is 3.15. The van der Waals surface area contributed by atoms with E-state index in [-0.39, 0.29) is 11.5 Å². The van der Waals surface area contributed by atoms with Crippen molar-refractivity contribution in [3.8, 4) is 0 Å². The Balaban J connectivity index is 1.94. The van der Waals surface area contributed by atoms with Gasteiger partial charge in [-0.15, -0.1) is 0 Å². The van der Waals surface area contributed by atoms with Gasteiger partial charge in [0.05, 0.1) is 18.1 Å². The molecule has 2 heterocycles. The van der Waals surface area contributed by atoms with Crippen LogP contribution in [-0.4, -0.2) is 49.2 Å². The quantitative estimate of drug-likeness (QED) is 0.676. The number of hydrogen-bond acceptors (Lipinski definition) is 3. The van der Waals surface area contributed by atoms with Gasteiger partial charge < -0.3 is 15.0 Å². The molecule has 15 heavy (non-hydrogen) atoms. The Bertz CT molecular complexity index is 247. The zero-order chi connectivity index (χ0) is 10.9. The Kier molecular flexibility index (Phi) is 2.98. The highest BCUT2D eigenvalue weighted by atomic mass is 16.5. The molecule has 4 heteroatoms. The van der Waals surface area contributed by atoms with E-state index in [9.17, 15) is 4.79 Å². The van der Waals surface area contributed by atoms with E-state index in [1.807, 2.05) is 18.7 Å². The molecule has 1 atom stereocenters. The molecular weight excluding hydrogens is 192 g/mol. The maximum absolute atomic E-state index is 12.1. The van der Waals surface area contributed by atoms with Gasteiger partial charge in [-0.3, -0.25) is 4.79 Å². The van der Waals surface area contributed by atoms with Crippen molar-refractivity contribution < 1.29 is 9.53 Å². The lowest BCUT2D eigenvalue weighted by atomic mass is 10.0. The highest BCUT2D eigenvalue weighted by Crippen LogP contribution is 2.20. The van der Waals surface area contributed by atoms with E-state index in [0.29, 0.717) is 12.5 Å². The van der Waals surface area contributed by atoms with Gasteiger partial charge in [-0.05, 0) is 26.8 Å². The Hall–Kier alpha value is -0.610. The van der Waals surface area contributed by atoms with Crippen LogP contribution in [0.5, 0.6) is 0 Å². The largest absolute Gasteiger partial charge is 0.372 e. The standard InChI is InChI=1S/C11H20N2O2/c1-11(2)8-13(5-6-15-11)10(14)9-3-4-12-7-9/h9,12H,3-8H2,1-2H3. The summed E-state index contributed by atoms with van der Waals surface area (Å²) in [5.74, 6) is 0.496. The van der Waals surface area contributed by atoms with Crippen molar-refractivity contribution in [2.24, 2.45) is 5.92 Å². The van der Waals surface area contributed by atoms with Crippen LogP contribution in [0.2, 0.25) is 0 Å². The van der Waals surface area contributed by atoms with Crippen LogP contribution in [-0.2, 0) is 9.53 Å².